The van der Waals surface area contributed by atoms with Gasteiger partial charge in [0.2, 0.25) is 5.95 Å². The van der Waals surface area contributed by atoms with Crippen molar-refractivity contribution in [3.8, 4) is 11.3 Å². The van der Waals surface area contributed by atoms with E-state index in [1.54, 1.807) is 12.1 Å². The molecule has 2 aromatic carbocycles. The summed E-state index contributed by atoms with van der Waals surface area (Å²) in [6.45, 7) is 2.35. The molecule has 1 heterocycles. The Bertz CT molecular complexity index is 840. The number of aliphatic hydroxyl groups is 1. The van der Waals surface area contributed by atoms with E-state index >= 15 is 0 Å². The average molecular weight is 352 g/mol. The molecule has 0 fully saturated rings. The molecule has 0 bridgehead atoms. The minimum Gasteiger partial charge on any atom is -0.394 e. The summed E-state index contributed by atoms with van der Waals surface area (Å²) in [5.41, 5.74) is 2.69. The van der Waals surface area contributed by atoms with Crippen molar-refractivity contribution in [1.29, 1.82) is 0 Å². The van der Waals surface area contributed by atoms with Crippen LogP contribution in [0, 0.1) is 5.82 Å². The van der Waals surface area contributed by atoms with Crippen molar-refractivity contribution in [1.82, 2.24) is 9.97 Å². The first-order valence-electron chi connectivity index (χ1n) is 8.44. The third kappa shape index (κ3) is 4.77. The molecule has 134 valence electrons. The zero-order valence-electron chi connectivity index (χ0n) is 14.5. The quantitative estimate of drug-likeness (QED) is 0.605. The number of hydrogen-bond donors (Lipinski definition) is 3. The maximum atomic E-state index is 13.0. The van der Waals surface area contributed by atoms with Gasteiger partial charge < -0.3 is 15.7 Å². The Balaban J connectivity index is 1.85. The van der Waals surface area contributed by atoms with Crippen LogP contribution in [0.1, 0.15) is 12.5 Å². The number of aromatic nitrogens is 2. The summed E-state index contributed by atoms with van der Waals surface area (Å²) < 4.78 is 13.0. The molecule has 1 aromatic heterocycles. The van der Waals surface area contributed by atoms with Crippen LogP contribution in [0.25, 0.3) is 11.3 Å². The molecule has 3 rings (SSSR count). The molecule has 1 atom stereocenters. The van der Waals surface area contributed by atoms with Crippen LogP contribution in [0.5, 0.6) is 0 Å². The van der Waals surface area contributed by atoms with E-state index in [9.17, 15) is 9.50 Å². The van der Waals surface area contributed by atoms with Crippen molar-refractivity contribution < 1.29 is 9.50 Å². The Hall–Kier alpha value is -2.99. The second-order valence-corrected chi connectivity index (χ2v) is 6.04. The highest BCUT2D eigenvalue weighted by atomic mass is 19.1. The van der Waals surface area contributed by atoms with Gasteiger partial charge in [0.25, 0.3) is 0 Å². The number of anilines is 2. The van der Waals surface area contributed by atoms with Gasteiger partial charge in [0.15, 0.2) is 0 Å². The fourth-order valence-electron chi connectivity index (χ4n) is 2.42. The van der Waals surface area contributed by atoms with E-state index in [4.69, 9.17) is 0 Å². The molecular weight excluding hydrogens is 331 g/mol. The number of aliphatic hydroxyl groups excluding tert-OH is 1. The number of nitrogens with zero attached hydrogens (tertiary/aromatic N) is 2. The van der Waals surface area contributed by atoms with Gasteiger partial charge in [-0.3, -0.25) is 0 Å². The first kappa shape index (κ1) is 17.8. The van der Waals surface area contributed by atoms with E-state index < -0.39 is 0 Å². The molecule has 3 N–H and O–H groups in total. The molecule has 6 heteroatoms. The van der Waals surface area contributed by atoms with Crippen LogP contribution in [0.2, 0.25) is 0 Å². The molecule has 0 saturated carbocycles. The third-order valence-corrected chi connectivity index (χ3v) is 3.83. The number of hydrogen-bond acceptors (Lipinski definition) is 5. The number of benzene rings is 2. The molecule has 0 aliphatic heterocycles. The molecule has 0 saturated heterocycles. The zero-order valence-corrected chi connectivity index (χ0v) is 14.5. The molecule has 0 spiro atoms. The van der Waals surface area contributed by atoms with Gasteiger partial charge in [0.05, 0.1) is 12.3 Å². The highest BCUT2D eigenvalue weighted by Crippen LogP contribution is 2.22. The summed E-state index contributed by atoms with van der Waals surface area (Å²) in [7, 11) is 0. The van der Waals surface area contributed by atoms with E-state index in [1.807, 2.05) is 43.3 Å². The monoisotopic (exact) mass is 352 g/mol. The highest BCUT2D eigenvalue weighted by Gasteiger charge is 2.09. The van der Waals surface area contributed by atoms with E-state index in [0.717, 1.165) is 16.8 Å². The maximum Gasteiger partial charge on any atom is 0.225 e. The molecule has 26 heavy (non-hydrogen) atoms. The van der Waals surface area contributed by atoms with Crippen molar-refractivity contribution in [3.63, 3.8) is 0 Å². The minimum absolute atomic E-state index is 0.0166. The van der Waals surface area contributed by atoms with E-state index in [0.29, 0.717) is 18.3 Å². The van der Waals surface area contributed by atoms with Crippen LogP contribution < -0.4 is 10.6 Å². The van der Waals surface area contributed by atoms with Crippen molar-refractivity contribution in [3.05, 3.63) is 72.0 Å². The summed E-state index contributed by atoms with van der Waals surface area (Å²) in [4.78, 5) is 9.00. The lowest BCUT2D eigenvalue weighted by Gasteiger charge is -2.14. The first-order valence-corrected chi connectivity index (χ1v) is 8.44. The Morgan fingerprint density at radius 1 is 1.04 bits per heavy atom. The Morgan fingerprint density at radius 3 is 2.46 bits per heavy atom. The lowest BCUT2D eigenvalue weighted by atomic mass is 10.1. The van der Waals surface area contributed by atoms with Crippen LogP contribution >= 0.6 is 0 Å². The zero-order chi connectivity index (χ0) is 18.4. The summed E-state index contributed by atoms with van der Waals surface area (Å²) in [5.74, 6) is 0.831. The molecule has 0 radical (unpaired) electrons. The lowest BCUT2D eigenvalue weighted by molar-refractivity contribution is 0.281. The van der Waals surface area contributed by atoms with Gasteiger partial charge in [-0.1, -0.05) is 42.5 Å². The Labute approximate surface area is 152 Å². The normalized spacial score (nSPS) is 11.8. The SMILES string of the molecule is C[C@@H](CO)Nc1nc(NCc2ccc(F)cc2)cc(-c2ccccc2)n1. The fraction of sp³-hybridized carbons (Fsp3) is 0.200. The van der Waals surface area contributed by atoms with Crippen LogP contribution in [0.3, 0.4) is 0 Å². The van der Waals surface area contributed by atoms with E-state index in [1.165, 1.54) is 12.1 Å². The van der Waals surface area contributed by atoms with Gasteiger partial charge in [-0.2, -0.15) is 4.98 Å². The van der Waals surface area contributed by atoms with Crippen LogP contribution in [-0.4, -0.2) is 27.7 Å². The molecule has 0 aliphatic rings. The fourth-order valence-corrected chi connectivity index (χ4v) is 2.42. The summed E-state index contributed by atoms with van der Waals surface area (Å²) in [5, 5.41) is 15.6. The summed E-state index contributed by atoms with van der Waals surface area (Å²) in [6.07, 6.45) is 0. The lowest BCUT2D eigenvalue weighted by Crippen LogP contribution is -2.21. The molecule has 0 unspecified atom stereocenters. The van der Waals surface area contributed by atoms with Gasteiger partial charge in [0.1, 0.15) is 11.6 Å². The molecular formula is C20H21FN4O. The van der Waals surface area contributed by atoms with Crippen LogP contribution in [0.4, 0.5) is 16.2 Å². The first-order chi connectivity index (χ1) is 12.6. The van der Waals surface area contributed by atoms with E-state index in [2.05, 4.69) is 20.6 Å². The standard InChI is InChI=1S/C20H21FN4O/c1-14(13-26)23-20-24-18(16-5-3-2-4-6-16)11-19(25-20)22-12-15-7-9-17(21)10-8-15/h2-11,14,26H,12-13H2,1H3,(H2,22,23,24,25)/t14-/m0/s1. The molecule has 5 nitrogen and oxygen atoms in total. The maximum absolute atomic E-state index is 13.0. The van der Waals surface area contributed by atoms with Crippen molar-refractivity contribution >= 4 is 11.8 Å². The topological polar surface area (TPSA) is 70.1 Å². The molecule has 3 aromatic rings. The predicted octanol–water partition coefficient (Wildman–Crippen LogP) is 3.69. The van der Waals surface area contributed by atoms with Crippen molar-refractivity contribution in [2.45, 2.75) is 19.5 Å². The van der Waals surface area contributed by atoms with Crippen molar-refractivity contribution in [2.75, 3.05) is 17.2 Å². The number of nitrogens with one attached hydrogen (secondary N) is 2. The number of halogens is 1. The van der Waals surface area contributed by atoms with Gasteiger partial charge >= 0.3 is 0 Å². The molecule has 0 amide bonds. The predicted molar refractivity (Wildman–Crippen MR) is 101 cm³/mol. The Morgan fingerprint density at radius 2 is 1.77 bits per heavy atom. The van der Waals surface area contributed by atoms with Gasteiger partial charge in [-0.05, 0) is 24.6 Å². The minimum atomic E-state index is -0.258. The average Bonchev–Trinajstić information content (AvgIpc) is 2.68. The number of rotatable bonds is 7. The van der Waals surface area contributed by atoms with E-state index in [-0.39, 0.29) is 18.5 Å². The van der Waals surface area contributed by atoms with Gasteiger partial charge in [0, 0.05) is 24.2 Å². The smallest absolute Gasteiger partial charge is 0.225 e. The highest BCUT2D eigenvalue weighted by molar-refractivity contribution is 5.64. The second-order valence-electron chi connectivity index (χ2n) is 6.04. The summed E-state index contributed by atoms with van der Waals surface area (Å²) in [6, 6.07) is 17.8. The third-order valence-electron chi connectivity index (χ3n) is 3.83. The van der Waals surface area contributed by atoms with Gasteiger partial charge in [-0.15, -0.1) is 0 Å². The van der Waals surface area contributed by atoms with Crippen LogP contribution in [-0.2, 0) is 6.54 Å². The largest absolute Gasteiger partial charge is 0.394 e. The second kappa shape index (κ2) is 8.40. The van der Waals surface area contributed by atoms with Gasteiger partial charge in [-0.25, -0.2) is 9.37 Å². The van der Waals surface area contributed by atoms with Crippen molar-refractivity contribution in [2.24, 2.45) is 0 Å². The molecule has 0 aliphatic carbocycles. The Kier molecular flexibility index (Phi) is 5.76. The summed E-state index contributed by atoms with van der Waals surface area (Å²) >= 11 is 0. The van der Waals surface area contributed by atoms with Crippen LogP contribution in [0.15, 0.2) is 60.7 Å².